The van der Waals surface area contributed by atoms with Crippen molar-refractivity contribution in [3.63, 3.8) is 0 Å². The van der Waals surface area contributed by atoms with Crippen molar-refractivity contribution in [2.75, 3.05) is 25.1 Å². The molecular weight excluding hydrogens is 881 g/mol. The van der Waals surface area contributed by atoms with Gasteiger partial charge in [-0.3, -0.25) is 38.5 Å². The smallest absolute Gasteiger partial charge is 0.260 e. The lowest BCUT2D eigenvalue weighted by molar-refractivity contribution is -0.279. The van der Waals surface area contributed by atoms with Crippen LogP contribution < -0.4 is 32.3 Å². The zero-order valence-electron chi connectivity index (χ0n) is 38.3. The Morgan fingerprint density at radius 3 is 2.34 bits per heavy atom. The molecule has 3 aromatic carbocycles. The van der Waals surface area contributed by atoms with Gasteiger partial charge in [-0.15, -0.1) is 0 Å². The van der Waals surface area contributed by atoms with Gasteiger partial charge in [-0.05, 0) is 60.6 Å². The molecule has 3 aliphatic heterocycles. The third-order valence-corrected chi connectivity index (χ3v) is 11.7. The first-order valence-electron chi connectivity index (χ1n) is 22.7. The van der Waals surface area contributed by atoms with Crippen molar-refractivity contribution < 1.29 is 58.0 Å². The molecule has 3 aromatic rings. The summed E-state index contributed by atoms with van der Waals surface area (Å²) in [5.41, 5.74) is 9.98. The van der Waals surface area contributed by atoms with Crippen molar-refractivity contribution in [3.8, 4) is 0 Å². The fourth-order valence-corrected chi connectivity index (χ4v) is 8.12. The zero-order valence-corrected chi connectivity index (χ0v) is 38.3. The van der Waals surface area contributed by atoms with Gasteiger partial charge < -0.3 is 56.7 Å². The highest BCUT2D eigenvalue weighted by atomic mass is 16.7. The van der Waals surface area contributed by atoms with E-state index in [2.05, 4.69) is 26.6 Å². The van der Waals surface area contributed by atoms with Crippen LogP contribution >= 0.6 is 0 Å². The molecule has 0 aliphatic carbocycles. The molecule has 1 fully saturated rings. The summed E-state index contributed by atoms with van der Waals surface area (Å²) in [7, 11) is 0. The molecule has 3 aliphatic rings. The normalized spacial score (nSPS) is 20.2. The molecule has 0 bridgehead atoms. The molecule has 68 heavy (non-hydrogen) atoms. The van der Waals surface area contributed by atoms with Crippen LogP contribution in [0.25, 0.3) is 0 Å². The standard InChI is InChI=1S/C48H60N8O12/c1-27(2)40(55-39(61)26-66-43-41(51-28(3)58)48(68-36(24-57)42(43)62)67-25-29-12-6-4-7-13-29)46(64)54-35(44(49)63)19-20-37(59)50-21-11-5-8-16-38(60)52-31-17-18-34-30(22-31)23-56-45(53-34)32-14-9-10-15-33(32)47(56)65/h4,6-7,9-10,12-15,17-18,22,27,35-36,40-43,48,57,62H,5,8,11,16,19-21,23-26H2,1-3H3,(H2,49,63)(H,50,59)(H,51,58)(H,52,60)(H,54,64)(H,55,61)/t35-,36-,40+,41-,42-,43-,48+/m1/s1. The monoisotopic (exact) mass is 940 g/mol. The first-order valence-corrected chi connectivity index (χ1v) is 22.7. The number of hydrogen-bond acceptors (Lipinski definition) is 13. The van der Waals surface area contributed by atoms with E-state index in [1.165, 1.54) is 6.92 Å². The third kappa shape index (κ3) is 13.3. The predicted octanol–water partition coefficient (Wildman–Crippen LogP) is 1.43. The molecule has 0 saturated carbocycles. The molecule has 3 heterocycles. The zero-order chi connectivity index (χ0) is 48.9. The number of aliphatic hydroxyl groups is 2. The lowest BCUT2D eigenvalue weighted by Crippen LogP contribution is -2.65. The maximum absolute atomic E-state index is 13.4. The van der Waals surface area contributed by atoms with E-state index in [-0.39, 0.29) is 43.6 Å². The summed E-state index contributed by atoms with van der Waals surface area (Å²) in [6.45, 7) is 4.01. The van der Waals surface area contributed by atoms with Gasteiger partial charge in [0.15, 0.2) is 6.29 Å². The Hall–Kier alpha value is -6.58. The first kappa shape index (κ1) is 50.8. The van der Waals surface area contributed by atoms with Crippen molar-refractivity contribution in [1.82, 2.24) is 26.2 Å². The molecule has 1 saturated heterocycles. The van der Waals surface area contributed by atoms with E-state index in [1.54, 1.807) is 30.9 Å². The summed E-state index contributed by atoms with van der Waals surface area (Å²) in [5, 5.41) is 34.4. The van der Waals surface area contributed by atoms with Gasteiger partial charge in [-0.2, -0.15) is 0 Å². The summed E-state index contributed by atoms with van der Waals surface area (Å²) in [5.74, 6) is -3.39. The second-order valence-electron chi connectivity index (χ2n) is 17.2. The summed E-state index contributed by atoms with van der Waals surface area (Å²) in [6.07, 6.45) is -3.31. The Labute approximate surface area is 393 Å². The minimum absolute atomic E-state index is 0.0633. The van der Waals surface area contributed by atoms with E-state index in [0.717, 1.165) is 22.4 Å². The summed E-state index contributed by atoms with van der Waals surface area (Å²) in [6, 6.07) is 18.4. The average molecular weight is 941 g/mol. The molecule has 7 atom stereocenters. The van der Waals surface area contributed by atoms with Gasteiger partial charge in [-0.1, -0.05) is 68.8 Å². The number of rotatable bonds is 23. The largest absolute Gasteiger partial charge is 0.394 e. The molecular formula is C48H60N8O12. The van der Waals surface area contributed by atoms with Crippen LogP contribution in [0.2, 0.25) is 0 Å². The van der Waals surface area contributed by atoms with Crippen molar-refractivity contribution >= 4 is 58.6 Å². The Bertz CT molecular complexity index is 2350. The Morgan fingerprint density at radius 1 is 0.897 bits per heavy atom. The molecule has 0 spiro atoms. The van der Waals surface area contributed by atoms with E-state index >= 15 is 0 Å². The number of amides is 7. The lowest BCUT2D eigenvalue weighted by atomic mass is 9.96. The molecule has 7 amide bonds. The average Bonchev–Trinajstić information content (AvgIpc) is 3.58. The van der Waals surface area contributed by atoms with Crippen LogP contribution in [0.1, 0.15) is 86.3 Å². The molecule has 0 aromatic heterocycles. The number of carbonyl (C=O) groups excluding carboxylic acids is 7. The maximum Gasteiger partial charge on any atom is 0.260 e. The van der Waals surface area contributed by atoms with Crippen molar-refractivity contribution in [3.05, 3.63) is 95.1 Å². The molecule has 364 valence electrons. The van der Waals surface area contributed by atoms with Crippen LogP contribution in [0.3, 0.4) is 0 Å². The van der Waals surface area contributed by atoms with Gasteiger partial charge in [0.25, 0.3) is 5.91 Å². The van der Waals surface area contributed by atoms with E-state index in [9.17, 15) is 43.8 Å². The number of unbranched alkanes of at least 4 members (excludes halogenated alkanes) is 2. The Morgan fingerprint density at radius 2 is 1.63 bits per heavy atom. The third-order valence-electron chi connectivity index (χ3n) is 11.7. The number of carbonyl (C=O) groups is 7. The van der Waals surface area contributed by atoms with E-state index in [1.807, 2.05) is 60.7 Å². The fourth-order valence-electron chi connectivity index (χ4n) is 8.12. The van der Waals surface area contributed by atoms with E-state index in [0.29, 0.717) is 49.4 Å². The number of aliphatic hydroxyl groups excluding tert-OH is 2. The summed E-state index contributed by atoms with van der Waals surface area (Å²) >= 11 is 0. The number of benzene rings is 3. The number of nitrogens with two attached hydrogens (primary N) is 1. The predicted molar refractivity (Wildman–Crippen MR) is 247 cm³/mol. The fraction of sp³-hybridized carbons (Fsp3) is 0.458. The SMILES string of the molecule is CC(=O)N[C@H]1[C@@H](OCc2ccccc2)O[C@H](CO)[C@@H](O)[C@@H]1OCC(=O)N[C@H](C(=O)N[C@H](CCC(=O)NCCCCCC(=O)Nc1ccc2c(c1)CN1C(=O)c3ccccc3C1=N2)C(N)=O)C(C)C. The summed E-state index contributed by atoms with van der Waals surface area (Å²) < 4.78 is 17.5. The highest BCUT2D eigenvalue weighted by Crippen LogP contribution is 2.35. The highest BCUT2D eigenvalue weighted by Gasteiger charge is 2.47. The second kappa shape index (κ2) is 23.9. The van der Waals surface area contributed by atoms with Gasteiger partial charge in [0.2, 0.25) is 35.4 Å². The van der Waals surface area contributed by atoms with Gasteiger partial charge in [0, 0.05) is 37.6 Å². The van der Waals surface area contributed by atoms with Gasteiger partial charge >= 0.3 is 0 Å². The lowest BCUT2D eigenvalue weighted by Gasteiger charge is -2.44. The molecule has 0 unspecified atom stereocenters. The van der Waals surface area contributed by atoms with E-state index in [4.69, 9.17) is 24.9 Å². The number of ether oxygens (including phenoxy) is 3. The Kier molecular flexibility index (Phi) is 17.9. The first-order chi connectivity index (χ1) is 32.6. The number of anilines is 1. The topological polar surface area (TPSA) is 289 Å². The molecule has 20 heteroatoms. The summed E-state index contributed by atoms with van der Waals surface area (Å²) in [4.78, 5) is 95.9. The minimum atomic E-state index is -1.49. The number of nitrogens with one attached hydrogen (secondary N) is 5. The van der Waals surface area contributed by atoms with Crippen molar-refractivity contribution in [2.24, 2.45) is 16.6 Å². The van der Waals surface area contributed by atoms with Crippen LogP contribution in [0.15, 0.2) is 77.8 Å². The van der Waals surface area contributed by atoms with Crippen LogP contribution in [-0.4, -0.2) is 125 Å². The molecule has 0 radical (unpaired) electrons. The number of amidine groups is 1. The van der Waals surface area contributed by atoms with Crippen LogP contribution in [-0.2, 0) is 56.1 Å². The maximum atomic E-state index is 13.4. The molecule has 20 nitrogen and oxygen atoms in total. The van der Waals surface area contributed by atoms with Crippen LogP contribution in [0, 0.1) is 5.92 Å². The number of primary amides is 1. The minimum Gasteiger partial charge on any atom is -0.394 e. The Balaban J connectivity index is 0.896. The van der Waals surface area contributed by atoms with E-state index < -0.39 is 85.5 Å². The highest BCUT2D eigenvalue weighted by molar-refractivity contribution is 6.24. The van der Waals surface area contributed by atoms with Crippen molar-refractivity contribution in [1.29, 1.82) is 0 Å². The van der Waals surface area contributed by atoms with Gasteiger partial charge in [0.1, 0.15) is 48.9 Å². The van der Waals surface area contributed by atoms with Crippen LogP contribution in [0.4, 0.5) is 11.4 Å². The molecule has 6 rings (SSSR count). The number of hydrogen-bond donors (Lipinski definition) is 8. The van der Waals surface area contributed by atoms with Crippen LogP contribution in [0.5, 0.6) is 0 Å². The quantitative estimate of drug-likeness (QED) is 0.0627. The van der Waals surface area contributed by atoms with Crippen molar-refractivity contribution in [2.45, 2.75) is 115 Å². The number of aliphatic imine (C=N–C) groups is 1. The number of nitrogens with zero attached hydrogens (tertiary/aromatic N) is 2. The van der Waals surface area contributed by atoms with Gasteiger partial charge in [-0.25, -0.2) is 4.99 Å². The second-order valence-corrected chi connectivity index (χ2v) is 17.2. The number of fused-ring (bicyclic) bond motifs is 4. The van der Waals surface area contributed by atoms with Gasteiger partial charge in [0.05, 0.1) is 31.0 Å². The molecule has 9 N–H and O–H groups in total.